The van der Waals surface area contributed by atoms with E-state index >= 15 is 0 Å². The van der Waals surface area contributed by atoms with Gasteiger partial charge in [-0.15, -0.1) is 0 Å². The Morgan fingerprint density at radius 1 is 1.15 bits per heavy atom. The minimum atomic E-state index is -0.903. The average Bonchev–Trinajstić information content (AvgIpc) is 2.95. The summed E-state index contributed by atoms with van der Waals surface area (Å²) < 4.78 is 0. The van der Waals surface area contributed by atoms with Gasteiger partial charge >= 0.3 is 6.03 Å². The number of hydrogen-bond acceptors (Lipinski definition) is 3. The monoisotopic (exact) mass is 279 g/mol. The minimum absolute atomic E-state index is 0.142. The number of hydrogen-bond donors (Lipinski definition) is 2. The number of carbonyl (C=O) groups excluding carboxylic acids is 3. The van der Waals surface area contributed by atoms with E-state index in [9.17, 15) is 14.4 Å². The Morgan fingerprint density at radius 2 is 1.85 bits per heavy atom. The van der Waals surface area contributed by atoms with Crippen molar-refractivity contribution in [2.24, 2.45) is 5.41 Å². The largest absolute Gasteiger partial charge is 0.339 e. The molecule has 0 aromatic carbocycles. The van der Waals surface area contributed by atoms with Gasteiger partial charge < -0.3 is 10.2 Å². The Morgan fingerprint density at radius 3 is 2.45 bits per heavy atom. The molecule has 1 saturated carbocycles. The van der Waals surface area contributed by atoms with Crippen molar-refractivity contribution < 1.29 is 14.4 Å². The van der Waals surface area contributed by atoms with Crippen LogP contribution in [0.25, 0.3) is 0 Å². The Kier molecular flexibility index (Phi) is 2.99. The number of amides is 4. The molecule has 6 nitrogen and oxygen atoms in total. The van der Waals surface area contributed by atoms with Gasteiger partial charge in [0.15, 0.2) is 0 Å². The van der Waals surface area contributed by atoms with Crippen LogP contribution in [-0.2, 0) is 9.59 Å². The molecule has 1 unspecified atom stereocenters. The first-order valence-electron chi connectivity index (χ1n) is 7.38. The lowest BCUT2D eigenvalue weighted by Crippen LogP contribution is -2.61. The van der Waals surface area contributed by atoms with E-state index in [1.54, 1.807) is 4.90 Å². The molecule has 2 N–H and O–H groups in total. The third kappa shape index (κ3) is 1.98. The summed E-state index contributed by atoms with van der Waals surface area (Å²) in [5.74, 6) is -0.153. The maximum absolute atomic E-state index is 12.7. The van der Waals surface area contributed by atoms with Crippen molar-refractivity contribution in [3.63, 3.8) is 0 Å². The average molecular weight is 279 g/mol. The van der Waals surface area contributed by atoms with Gasteiger partial charge in [-0.25, -0.2) is 4.79 Å². The summed E-state index contributed by atoms with van der Waals surface area (Å²) in [6.07, 6.45) is 5.39. The molecular weight excluding hydrogens is 258 g/mol. The first-order chi connectivity index (χ1) is 9.45. The van der Waals surface area contributed by atoms with Crippen LogP contribution in [0, 0.1) is 5.41 Å². The van der Waals surface area contributed by atoms with Gasteiger partial charge in [-0.1, -0.05) is 19.8 Å². The van der Waals surface area contributed by atoms with E-state index in [0.717, 1.165) is 32.1 Å². The summed E-state index contributed by atoms with van der Waals surface area (Å²) in [7, 11) is 0. The zero-order chi connectivity index (χ0) is 14.4. The zero-order valence-corrected chi connectivity index (χ0v) is 11.8. The van der Waals surface area contributed by atoms with Crippen LogP contribution in [0.2, 0.25) is 0 Å². The minimum Gasteiger partial charge on any atom is -0.339 e. The van der Waals surface area contributed by atoms with Gasteiger partial charge in [0, 0.05) is 12.0 Å². The Balaban J connectivity index is 1.77. The predicted molar refractivity (Wildman–Crippen MR) is 71.8 cm³/mol. The standard InChI is InChI=1S/C14H21N3O3/c1-13(5-2-3-6-13)11(19)17-8-4-7-14(9-17)10(18)15-12(20)16-14/h2-9H2,1H3,(H2,15,16,18,20). The number of nitrogens with one attached hydrogen (secondary N) is 2. The van der Waals surface area contributed by atoms with Crippen LogP contribution in [-0.4, -0.2) is 41.4 Å². The van der Waals surface area contributed by atoms with Crippen molar-refractivity contribution in [1.29, 1.82) is 0 Å². The van der Waals surface area contributed by atoms with Gasteiger partial charge in [-0.3, -0.25) is 14.9 Å². The SMILES string of the molecule is CC1(C(=O)N2CCCC3(C2)NC(=O)NC3=O)CCCC1. The van der Waals surface area contributed by atoms with E-state index in [2.05, 4.69) is 10.6 Å². The van der Waals surface area contributed by atoms with Gasteiger partial charge in [0.1, 0.15) is 5.54 Å². The summed E-state index contributed by atoms with van der Waals surface area (Å²) in [4.78, 5) is 37.9. The van der Waals surface area contributed by atoms with Crippen molar-refractivity contribution >= 4 is 17.8 Å². The number of urea groups is 1. The van der Waals surface area contributed by atoms with Crippen LogP contribution >= 0.6 is 0 Å². The molecule has 0 radical (unpaired) electrons. The van der Waals surface area contributed by atoms with Crippen molar-refractivity contribution in [3.8, 4) is 0 Å². The summed E-state index contributed by atoms with van der Waals surface area (Å²) in [6.45, 7) is 3.01. The van der Waals surface area contributed by atoms with Crippen molar-refractivity contribution in [2.75, 3.05) is 13.1 Å². The van der Waals surface area contributed by atoms with E-state index in [1.807, 2.05) is 6.92 Å². The summed E-state index contributed by atoms with van der Waals surface area (Å²) in [5, 5.41) is 5.00. The van der Waals surface area contributed by atoms with Gasteiger partial charge in [0.25, 0.3) is 5.91 Å². The summed E-state index contributed by atoms with van der Waals surface area (Å²) >= 11 is 0. The summed E-state index contributed by atoms with van der Waals surface area (Å²) in [5.41, 5.74) is -1.18. The quantitative estimate of drug-likeness (QED) is 0.696. The smallest absolute Gasteiger partial charge is 0.322 e. The third-order valence-corrected chi connectivity index (χ3v) is 5.02. The fraction of sp³-hybridized carbons (Fsp3) is 0.786. The second kappa shape index (κ2) is 4.46. The highest BCUT2D eigenvalue weighted by Crippen LogP contribution is 2.40. The van der Waals surface area contributed by atoms with Crippen LogP contribution in [0.5, 0.6) is 0 Å². The second-order valence-corrected chi connectivity index (χ2v) is 6.59. The molecule has 0 bridgehead atoms. The molecular formula is C14H21N3O3. The highest BCUT2D eigenvalue weighted by atomic mass is 16.2. The molecule has 110 valence electrons. The first kappa shape index (κ1) is 13.4. The highest BCUT2D eigenvalue weighted by Gasteiger charge is 2.51. The lowest BCUT2D eigenvalue weighted by Gasteiger charge is -2.41. The van der Waals surface area contributed by atoms with Crippen molar-refractivity contribution in [1.82, 2.24) is 15.5 Å². The maximum Gasteiger partial charge on any atom is 0.322 e. The number of imide groups is 1. The van der Waals surface area contributed by atoms with E-state index in [1.165, 1.54) is 0 Å². The van der Waals surface area contributed by atoms with E-state index < -0.39 is 11.6 Å². The van der Waals surface area contributed by atoms with Crippen molar-refractivity contribution in [3.05, 3.63) is 0 Å². The lowest BCUT2D eigenvalue weighted by atomic mass is 9.83. The molecule has 0 aromatic heterocycles. The molecule has 1 atom stereocenters. The van der Waals surface area contributed by atoms with Crippen LogP contribution in [0.1, 0.15) is 45.4 Å². The fourth-order valence-corrected chi connectivity index (χ4v) is 3.80. The number of carbonyl (C=O) groups is 3. The number of rotatable bonds is 1. The highest BCUT2D eigenvalue weighted by molar-refractivity contribution is 6.07. The van der Waals surface area contributed by atoms with Crippen LogP contribution in [0.3, 0.4) is 0 Å². The van der Waals surface area contributed by atoms with Crippen molar-refractivity contribution in [2.45, 2.75) is 51.0 Å². The van der Waals surface area contributed by atoms with Gasteiger partial charge in [-0.2, -0.15) is 0 Å². The molecule has 3 aliphatic rings. The topological polar surface area (TPSA) is 78.5 Å². The summed E-state index contributed by atoms with van der Waals surface area (Å²) in [6, 6.07) is -0.448. The number of piperidine rings is 1. The molecule has 2 saturated heterocycles. The van der Waals surface area contributed by atoms with E-state index in [4.69, 9.17) is 0 Å². The Hall–Kier alpha value is -1.59. The van der Waals surface area contributed by atoms with Gasteiger partial charge in [-0.05, 0) is 25.7 Å². The third-order valence-electron chi connectivity index (χ3n) is 5.02. The number of nitrogens with zero attached hydrogens (tertiary/aromatic N) is 1. The molecule has 1 spiro atoms. The molecule has 3 fully saturated rings. The normalized spacial score (nSPS) is 32.4. The molecule has 3 rings (SSSR count). The number of likely N-dealkylation sites (tertiary alicyclic amines) is 1. The fourth-order valence-electron chi connectivity index (χ4n) is 3.80. The Labute approximate surface area is 118 Å². The lowest BCUT2D eigenvalue weighted by molar-refractivity contribution is -0.144. The van der Waals surface area contributed by atoms with E-state index in [0.29, 0.717) is 19.5 Å². The van der Waals surface area contributed by atoms with Gasteiger partial charge in [0.05, 0.1) is 6.54 Å². The maximum atomic E-state index is 12.7. The Bertz CT molecular complexity index is 470. The molecule has 2 heterocycles. The molecule has 2 aliphatic heterocycles. The zero-order valence-electron chi connectivity index (χ0n) is 11.8. The molecule has 1 aliphatic carbocycles. The second-order valence-electron chi connectivity index (χ2n) is 6.59. The first-order valence-corrected chi connectivity index (χ1v) is 7.38. The molecule has 0 aromatic rings. The molecule has 20 heavy (non-hydrogen) atoms. The van der Waals surface area contributed by atoms with Crippen LogP contribution in [0.4, 0.5) is 4.79 Å². The molecule has 6 heteroatoms. The van der Waals surface area contributed by atoms with E-state index in [-0.39, 0.29) is 17.2 Å². The van der Waals surface area contributed by atoms with Crippen LogP contribution < -0.4 is 10.6 Å². The van der Waals surface area contributed by atoms with Gasteiger partial charge in [0.2, 0.25) is 5.91 Å². The van der Waals surface area contributed by atoms with Crippen LogP contribution in [0.15, 0.2) is 0 Å². The molecule has 4 amide bonds. The predicted octanol–water partition coefficient (Wildman–Crippen LogP) is 0.767.